The van der Waals surface area contributed by atoms with Gasteiger partial charge in [0.05, 0.1) is 6.10 Å². The summed E-state index contributed by atoms with van der Waals surface area (Å²) in [5.41, 5.74) is 0.886. The fraction of sp³-hybridized carbons (Fsp3) is 0.650. The van der Waals surface area contributed by atoms with E-state index in [1.165, 1.54) is 25.7 Å². The van der Waals surface area contributed by atoms with Gasteiger partial charge in [-0.1, -0.05) is 31.9 Å². The van der Waals surface area contributed by atoms with E-state index in [0.29, 0.717) is 24.1 Å². The number of aliphatic hydroxyl groups excluding tert-OH is 1. The van der Waals surface area contributed by atoms with Crippen LogP contribution in [0.4, 0.5) is 0 Å². The predicted octanol–water partition coefficient (Wildman–Crippen LogP) is 3.69. The van der Waals surface area contributed by atoms with Crippen molar-refractivity contribution in [2.24, 2.45) is 5.92 Å². The number of benzene rings is 1. The highest BCUT2D eigenvalue weighted by atomic mass is 16.5. The number of amides is 1. The topological polar surface area (TPSA) is 49.8 Å². The van der Waals surface area contributed by atoms with Crippen molar-refractivity contribution in [1.29, 1.82) is 0 Å². The number of carbonyl (C=O) groups excluding carboxylic acids is 1. The third kappa shape index (κ3) is 3.92. The van der Waals surface area contributed by atoms with Crippen molar-refractivity contribution < 1.29 is 14.6 Å². The number of piperidine rings is 1. The lowest BCUT2D eigenvalue weighted by Gasteiger charge is -2.44. The molecular formula is C20H29NO3. The van der Waals surface area contributed by atoms with Gasteiger partial charge in [-0.05, 0) is 55.7 Å². The Bertz CT molecular complexity index is 540. The molecule has 0 bridgehead atoms. The zero-order chi connectivity index (χ0) is 16.9. The van der Waals surface area contributed by atoms with Gasteiger partial charge in [0.15, 0.2) is 6.61 Å². The third-order valence-electron chi connectivity index (χ3n) is 5.58. The van der Waals surface area contributed by atoms with E-state index in [-0.39, 0.29) is 12.5 Å². The molecule has 1 saturated carbocycles. The second kappa shape index (κ2) is 8.02. The minimum absolute atomic E-state index is 0.110. The molecule has 3 atom stereocenters. The van der Waals surface area contributed by atoms with E-state index < -0.39 is 6.10 Å². The van der Waals surface area contributed by atoms with Crippen LogP contribution in [0.2, 0.25) is 0 Å². The molecular weight excluding hydrogens is 302 g/mol. The smallest absolute Gasteiger partial charge is 0.260 e. The molecule has 0 aromatic heterocycles. The van der Waals surface area contributed by atoms with Crippen LogP contribution in [0.15, 0.2) is 24.3 Å². The van der Waals surface area contributed by atoms with Crippen molar-refractivity contribution >= 4 is 5.91 Å². The Morgan fingerprint density at radius 3 is 2.67 bits per heavy atom. The van der Waals surface area contributed by atoms with Gasteiger partial charge in [-0.15, -0.1) is 0 Å². The fourth-order valence-corrected chi connectivity index (χ4v) is 4.18. The summed E-state index contributed by atoms with van der Waals surface area (Å²) in [7, 11) is 0. The number of hydrogen-bond donors (Lipinski definition) is 1. The van der Waals surface area contributed by atoms with Crippen molar-refractivity contribution in [1.82, 2.24) is 4.90 Å². The molecule has 4 nitrogen and oxygen atoms in total. The van der Waals surface area contributed by atoms with Gasteiger partial charge in [0.2, 0.25) is 0 Å². The van der Waals surface area contributed by atoms with Crippen LogP contribution in [0.3, 0.4) is 0 Å². The summed E-state index contributed by atoms with van der Waals surface area (Å²) < 4.78 is 5.70. The Hall–Kier alpha value is -1.55. The first-order chi connectivity index (χ1) is 11.7. The molecule has 4 heteroatoms. The molecule has 1 heterocycles. The average Bonchev–Trinajstić information content (AvgIpc) is 2.65. The second-order valence-corrected chi connectivity index (χ2v) is 7.12. The number of aliphatic hydroxyl groups is 1. The highest BCUT2D eigenvalue weighted by molar-refractivity contribution is 5.78. The highest BCUT2D eigenvalue weighted by Crippen LogP contribution is 2.35. The minimum atomic E-state index is -0.433. The fourth-order valence-electron chi connectivity index (χ4n) is 4.18. The first-order valence-corrected chi connectivity index (χ1v) is 9.39. The van der Waals surface area contributed by atoms with Crippen LogP contribution >= 0.6 is 0 Å². The Labute approximate surface area is 144 Å². The number of carbonyl (C=O) groups is 1. The molecule has 1 aromatic rings. The molecule has 2 aliphatic rings. The lowest BCUT2D eigenvalue weighted by atomic mass is 9.78. The molecule has 1 N–H and O–H groups in total. The van der Waals surface area contributed by atoms with E-state index in [2.05, 4.69) is 4.90 Å². The summed E-state index contributed by atoms with van der Waals surface area (Å²) in [4.78, 5) is 14.7. The molecule has 3 unspecified atom stereocenters. The van der Waals surface area contributed by atoms with Crippen LogP contribution < -0.4 is 4.74 Å². The molecule has 2 fully saturated rings. The molecule has 1 aromatic carbocycles. The van der Waals surface area contributed by atoms with Gasteiger partial charge >= 0.3 is 0 Å². The Kier molecular flexibility index (Phi) is 5.77. The van der Waals surface area contributed by atoms with Crippen molar-refractivity contribution in [3.05, 3.63) is 29.8 Å². The van der Waals surface area contributed by atoms with Crippen molar-refractivity contribution in [3.8, 4) is 5.75 Å². The van der Waals surface area contributed by atoms with E-state index in [4.69, 9.17) is 4.74 Å². The van der Waals surface area contributed by atoms with Crippen LogP contribution in [0.1, 0.15) is 63.5 Å². The maximum Gasteiger partial charge on any atom is 0.260 e. The molecule has 3 rings (SSSR count). The number of rotatable bonds is 5. The standard InChI is InChI=1S/C20H29NO3/c1-2-19(22)16-9-11-17(12-10-16)24-14-20(23)21-13-5-7-15-6-3-4-8-18(15)21/h9-12,15,18-19,22H,2-8,13-14H2,1H3. The van der Waals surface area contributed by atoms with Gasteiger partial charge < -0.3 is 14.7 Å². The molecule has 1 aliphatic carbocycles. The summed E-state index contributed by atoms with van der Waals surface area (Å²) in [5, 5.41) is 9.82. The normalized spacial score (nSPS) is 25.0. The lowest BCUT2D eigenvalue weighted by molar-refractivity contribution is -0.139. The summed E-state index contributed by atoms with van der Waals surface area (Å²) in [6, 6.07) is 7.84. The van der Waals surface area contributed by atoms with E-state index in [0.717, 1.165) is 24.9 Å². The lowest BCUT2D eigenvalue weighted by Crippen LogP contribution is -2.51. The SMILES string of the molecule is CCC(O)c1ccc(OCC(=O)N2CCCC3CCCCC32)cc1. The van der Waals surface area contributed by atoms with Gasteiger partial charge in [0, 0.05) is 12.6 Å². The monoisotopic (exact) mass is 331 g/mol. The van der Waals surface area contributed by atoms with Crippen molar-refractivity contribution in [2.45, 2.75) is 64.0 Å². The number of likely N-dealkylation sites (tertiary alicyclic amines) is 1. The van der Waals surface area contributed by atoms with Gasteiger partial charge in [0.1, 0.15) is 5.75 Å². The van der Waals surface area contributed by atoms with Gasteiger partial charge in [-0.3, -0.25) is 4.79 Å². The summed E-state index contributed by atoms with van der Waals surface area (Å²) in [6.07, 6.45) is 7.64. The van der Waals surface area contributed by atoms with Crippen LogP contribution in [0.25, 0.3) is 0 Å². The molecule has 1 amide bonds. The zero-order valence-electron chi connectivity index (χ0n) is 14.6. The number of nitrogens with zero attached hydrogens (tertiary/aromatic N) is 1. The average molecular weight is 331 g/mol. The van der Waals surface area contributed by atoms with E-state index in [1.807, 2.05) is 31.2 Å². The minimum Gasteiger partial charge on any atom is -0.484 e. The summed E-state index contributed by atoms with van der Waals surface area (Å²) in [5.74, 6) is 1.50. The van der Waals surface area contributed by atoms with Gasteiger partial charge in [-0.25, -0.2) is 0 Å². The summed E-state index contributed by atoms with van der Waals surface area (Å²) >= 11 is 0. The molecule has 0 radical (unpaired) electrons. The van der Waals surface area contributed by atoms with E-state index in [1.54, 1.807) is 0 Å². The maximum atomic E-state index is 12.6. The second-order valence-electron chi connectivity index (χ2n) is 7.12. The predicted molar refractivity (Wildman–Crippen MR) is 93.9 cm³/mol. The van der Waals surface area contributed by atoms with Crippen LogP contribution in [0.5, 0.6) is 5.75 Å². The van der Waals surface area contributed by atoms with Gasteiger partial charge in [0.25, 0.3) is 5.91 Å². The van der Waals surface area contributed by atoms with E-state index >= 15 is 0 Å². The highest BCUT2D eigenvalue weighted by Gasteiger charge is 2.35. The largest absolute Gasteiger partial charge is 0.484 e. The van der Waals surface area contributed by atoms with E-state index in [9.17, 15) is 9.90 Å². The molecule has 1 aliphatic heterocycles. The van der Waals surface area contributed by atoms with Crippen LogP contribution in [-0.4, -0.2) is 35.1 Å². The number of fused-ring (bicyclic) bond motifs is 1. The first-order valence-electron chi connectivity index (χ1n) is 9.39. The van der Waals surface area contributed by atoms with Gasteiger partial charge in [-0.2, -0.15) is 0 Å². The van der Waals surface area contributed by atoms with Crippen LogP contribution in [-0.2, 0) is 4.79 Å². The molecule has 0 spiro atoms. The first kappa shape index (κ1) is 17.3. The zero-order valence-corrected chi connectivity index (χ0v) is 14.6. The van der Waals surface area contributed by atoms with Crippen molar-refractivity contribution in [3.63, 3.8) is 0 Å². The Morgan fingerprint density at radius 2 is 1.92 bits per heavy atom. The Morgan fingerprint density at radius 1 is 1.21 bits per heavy atom. The molecule has 132 valence electrons. The molecule has 1 saturated heterocycles. The summed E-state index contributed by atoms with van der Waals surface area (Å²) in [6.45, 7) is 2.94. The number of ether oxygens (including phenoxy) is 1. The third-order valence-corrected chi connectivity index (χ3v) is 5.58. The Balaban J connectivity index is 1.55. The quantitative estimate of drug-likeness (QED) is 0.895. The maximum absolute atomic E-state index is 12.6. The van der Waals surface area contributed by atoms with Crippen molar-refractivity contribution in [2.75, 3.05) is 13.2 Å². The number of hydrogen-bond acceptors (Lipinski definition) is 3. The van der Waals surface area contributed by atoms with Crippen LogP contribution in [0, 0.1) is 5.92 Å². The molecule has 24 heavy (non-hydrogen) atoms.